The first-order chi connectivity index (χ1) is 52.6. The van der Waals surface area contributed by atoms with Gasteiger partial charge in [0.15, 0.2) is 11.6 Å². The minimum atomic E-state index is 0.704. The average Bonchev–Trinajstić information content (AvgIpc) is 1.52. The fourth-order valence-corrected chi connectivity index (χ4v) is 18.3. The molecule has 0 fully saturated rings. The largest absolute Gasteiger partial charge is 0.308 e. The summed E-state index contributed by atoms with van der Waals surface area (Å²) < 4.78 is 9.78. The fourth-order valence-electron chi connectivity index (χ4n) is 18.3. The lowest BCUT2D eigenvalue weighted by Gasteiger charge is -2.13. The summed E-state index contributed by atoms with van der Waals surface area (Å²) >= 11 is 0. The minimum absolute atomic E-state index is 0.704. The maximum absolute atomic E-state index is 5.55. The third kappa shape index (κ3) is 7.90. The Morgan fingerprint density at radius 2 is 0.557 bits per heavy atom. The number of hydrogen-bond donors (Lipinski definition) is 0. The Bertz CT molecular complexity index is 8090. The van der Waals surface area contributed by atoms with Crippen LogP contribution in [0.2, 0.25) is 0 Å². The van der Waals surface area contributed by atoms with E-state index >= 15 is 0 Å². The van der Waals surface area contributed by atoms with E-state index < -0.39 is 0 Å². The molecule has 8 nitrogen and oxygen atoms in total. The van der Waals surface area contributed by atoms with Crippen LogP contribution in [0.15, 0.2) is 340 Å². The molecule has 8 heterocycles. The van der Waals surface area contributed by atoms with E-state index in [1.807, 2.05) is 0 Å². The quantitative estimate of drug-likeness (QED) is 0.161. The van der Waals surface area contributed by atoms with Crippen molar-refractivity contribution in [1.82, 2.24) is 37.9 Å². The van der Waals surface area contributed by atoms with Crippen molar-refractivity contribution in [2.75, 3.05) is 0 Å². The van der Waals surface area contributed by atoms with Crippen LogP contribution in [0.1, 0.15) is 0 Å². The zero-order chi connectivity index (χ0) is 69.0. The molecule has 0 spiro atoms. The van der Waals surface area contributed by atoms with E-state index in [0.29, 0.717) is 11.6 Å². The van der Waals surface area contributed by atoms with Gasteiger partial charge in [0, 0.05) is 86.5 Å². The van der Waals surface area contributed by atoms with Gasteiger partial charge in [-0.15, -0.1) is 0 Å². The molecular formula is C98H56N8. The van der Waals surface area contributed by atoms with Crippen molar-refractivity contribution in [3.63, 3.8) is 0 Å². The van der Waals surface area contributed by atoms with E-state index in [1.54, 1.807) is 0 Å². The summed E-state index contributed by atoms with van der Waals surface area (Å²) in [5.74, 6) is 3.17. The van der Waals surface area contributed by atoms with E-state index in [1.165, 1.54) is 146 Å². The Labute approximate surface area is 604 Å². The fraction of sp³-hybridized carbons (Fsp3) is 0. The topological polar surface area (TPSA) is 70.2 Å². The summed E-state index contributed by atoms with van der Waals surface area (Å²) in [6.45, 7) is 0. The summed E-state index contributed by atoms with van der Waals surface area (Å²) in [5.41, 5.74) is 18.1. The normalized spacial score (nSPS) is 12.3. The van der Waals surface area contributed by atoms with Gasteiger partial charge in [0.25, 0.3) is 0 Å². The first-order valence-electron chi connectivity index (χ1n) is 36.3. The molecule has 0 aliphatic carbocycles. The molecule has 0 amide bonds. The second kappa shape index (κ2) is 21.6. The highest BCUT2D eigenvalue weighted by Crippen LogP contribution is 2.51. The maximum Gasteiger partial charge on any atom is 0.162 e. The minimum Gasteiger partial charge on any atom is -0.308 e. The van der Waals surface area contributed by atoms with Crippen molar-refractivity contribution in [2.24, 2.45) is 0 Å². The number of para-hydroxylation sites is 6. The molecule has 25 rings (SSSR count). The standard InChI is InChI=1S/C50H28N4.C48H28N4/c1-3-13-33-29(11-1)21-22-31-27-32(23-25-34(31)33)49-51-40-18-8-5-16-37(40)50(52-49)54-43-26-24-30-12-2-4-14-35(30)45(43)47-44(54)28-39-36-15-6-9-19-41(36)53-42-20-10-7-17-38(42)46(47)48(39)53;1-2-13-29(14-3-1)31-16-12-17-32(27-31)47-49-38-22-9-6-20-35(38)48(50-47)52-41-26-25-30-15-4-5-18-33(30)43(41)45-42(52)28-37-34-19-7-10-23-39(34)51-40-24-11-8-21-36(40)44(45)46(37)51/h1-28H;1-28H. The highest BCUT2D eigenvalue weighted by Gasteiger charge is 2.29. The van der Waals surface area contributed by atoms with Gasteiger partial charge in [0.2, 0.25) is 0 Å². The predicted octanol–water partition coefficient (Wildman–Crippen LogP) is 25.4. The van der Waals surface area contributed by atoms with Crippen molar-refractivity contribution in [2.45, 2.75) is 0 Å². The first kappa shape index (κ1) is 57.3. The molecule has 0 aliphatic rings. The lowest BCUT2D eigenvalue weighted by atomic mass is 9.99. The van der Waals surface area contributed by atoms with Gasteiger partial charge in [-0.2, -0.15) is 0 Å². The molecule has 0 saturated heterocycles. The van der Waals surface area contributed by atoms with Gasteiger partial charge in [-0.1, -0.05) is 255 Å². The number of aromatic nitrogens is 8. The number of nitrogens with zero attached hydrogens (tertiary/aromatic N) is 8. The summed E-state index contributed by atoms with van der Waals surface area (Å²) in [4.78, 5) is 21.5. The molecule has 0 bridgehead atoms. The molecule has 0 saturated carbocycles. The SMILES string of the molecule is c1ccc(-c2cccc(-c3nc(-n4c5ccc6ccccc6c5c5c6c7ccccc7n7c8ccccc8c(cc54)c67)c4ccccc4n3)c2)cc1.c1ccc2c(c1)ccc1cc(-c3nc(-n4c5ccc6ccccc6c5c5c6c7ccccc7n7c8ccccc8c(cc54)c67)c4ccccc4n3)ccc12. The average molecular weight is 1350 g/mol. The predicted molar refractivity (Wildman–Crippen MR) is 443 cm³/mol. The third-order valence-electron chi connectivity index (χ3n) is 22.8. The molecule has 8 aromatic heterocycles. The van der Waals surface area contributed by atoms with E-state index in [2.05, 4.69) is 358 Å². The maximum atomic E-state index is 5.55. The Kier molecular flexibility index (Phi) is 11.7. The van der Waals surface area contributed by atoms with Crippen LogP contribution in [0.5, 0.6) is 0 Å². The van der Waals surface area contributed by atoms with Crippen molar-refractivity contribution < 1.29 is 0 Å². The monoisotopic (exact) mass is 1340 g/mol. The van der Waals surface area contributed by atoms with Gasteiger partial charge in [0.1, 0.15) is 11.6 Å². The summed E-state index contributed by atoms with van der Waals surface area (Å²) in [5, 5.41) is 26.9. The molecular weight excluding hydrogens is 1290 g/mol. The van der Waals surface area contributed by atoms with E-state index in [-0.39, 0.29) is 0 Å². The van der Waals surface area contributed by atoms with Crippen molar-refractivity contribution in [3.05, 3.63) is 340 Å². The first-order valence-corrected chi connectivity index (χ1v) is 36.3. The summed E-state index contributed by atoms with van der Waals surface area (Å²) in [6, 6.07) is 123. The molecule has 488 valence electrons. The van der Waals surface area contributed by atoms with Crippen LogP contribution in [0.3, 0.4) is 0 Å². The lowest BCUT2D eigenvalue weighted by molar-refractivity contribution is 1.08. The number of rotatable bonds is 5. The van der Waals surface area contributed by atoms with Crippen molar-refractivity contribution in [3.8, 4) is 45.5 Å². The van der Waals surface area contributed by atoms with Gasteiger partial charge in [-0.05, 0) is 139 Å². The molecule has 0 aliphatic heterocycles. The van der Waals surface area contributed by atoms with Crippen LogP contribution in [-0.4, -0.2) is 37.9 Å². The second-order valence-electron chi connectivity index (χ2n) is 28.3. The van der Waals surface area contributed by atoms with E-state index in [9.17, 15) is 0 Å². The summed E-state index contributed by atoms with van der Waals surface area (Å²) in [7, 11) is 0. The number of hydrogen-bond acceptors (Lipinski definition) is 4. The Morgan fingerprint density at radius 1 is 0.179 bits per heavy atom. The van der Waals surface area contributed by atoms with Crippen LogP contribution in [0.25, 0.3) is 230 Å². The van der Waals surface area contributed by atoms with Crippen LogP contribution >= 0.6 is 0 Å². The van der Waals surface area contributed by atoms with Gasteiger partial charge in [-0.3, -0.25) is 9.13 Å². The number of fused-ring (bicyclic) bond motifs is 29. The molecule has 0 unspecified atom stereocenters. The lowest BCUT2D eigenvalue weighted by Crippen LogP contribution is -2.02. The Balaban J connectivity index is 0.000000126. The third-order valence-corrected chi connectivity index (χ3v) is 22.8. The van der Waals surface area contributed by atoms with Crippen LogP contribution in [-0.2, 0) is 0 Å². The zero-order valence-corrected chi connectivity index (χ0v) is 56.9. The Morgan fingerprint density at radius 3 is 1.08 bits per heavy atom. The highest BCUT2D eigenvalue weighted by molar-refractivity contribution is 6.40. The van der Waals surface area contributed by atoms with Crippen molar-refractivity contribution >= 4 is 185 Å². The molecule has 0 radical (unpaired) electrons. The van der Waals surface area contributed by atoms with E-state index in [0.717, 1.165) is 72.2 Å². The Hall–Kier alpha value is -14.3. The van der Waals surface area contributed by atoms with Crippen molar-refractivity contribution in [1.29, 1.82) is 0 Å². The van der Waals surface area contributed by atoms with Gasteiger partial charge >= 0.3 is 0 Å². The highest BCUT2D eigenvalue weighted by atomic mass is 15.1. The van der Waals surface area contributed by atoms with Crippen LogP contribution in [0.4, 0.5) is 0 Å². The van der Waals surface area contributed by atoms with E-state index in [4.69, 9.17) is 19.9 Å². The molecule has 106 heavy (non-hydrogen) atoms. The van der Waals surface area contributed by atoms with Crippen LogP contribution < -0.4 is 0 Å². The smallest absolute Gasteiger partial charge is 0.162 e. The molecule has 0 N–H and O–H groups in total. The zero-order valence-electron chi connectivity index (χ0n) is 56.9. The van der Waals surface area contributed by atoms with Gasteiger partial charge < -0.3 is 8.80 Å². The van der Waals surface area contributed by atoms with Gasteiger partial charge in [0.05, 0.1) is 66.2 Å². The summed E-state index contributed by atoms with van der Waals surface area (Å²) in [6.07, 6.45) is 0. The molecule has 17 aromatic carbocycles. The van der Waals surface area contributed by atoms with Crippen LogP contribution in [0, 0.1) is 0 Å². The molecule has 0 atom stereocenters. The van der Waals surface area contributed by atoms with Gasteiger partial charge in [-0.25, -0.2) is 19.9 Å². The molecule has 8 heteroatoms. The molecule has 25 aromatic rings. The number of benzene rings is 17. The second-order valence-corrected chi connectivity index (χ2v) is 28.3.